The molecular weight excluding hydrogens is 304 g/mol. The van der Waals surface area contributed by atoms with E-state index in [1.165, 1.54) is 12.4 Å². The van der Waals surface area contributed by atoms with Gasteiger partial charge in [0.25, 0.3) is 0 Å². The number of halogens is 1. The van der Waals surface area contributed by atoms with Crippen molar-refractivity contribution in [3.05, 3.63) is 43.4 Å². The lowest BCUT2D eigenvalue weighted by Crippen LogP contribution is -2.12. The van der Waals surface area contributed by atoms with E-state index in [-0.39, 0.29) is 0 Å². The zero-order chi connectivity index (χ0) is 13.7. The van der Waals surface area contributed by atoms with Gasteiger partial charge in [0.2, 0.25) is 0 Å². The smallest absolute Gasteiger partial charge is 0.346 e. The number of aromatic amines is 2. The van der Waals surface area contributed by atoms with Gasteiger partial charge in [-0.3, -0.25) is 9.97 Å². The summed E-state index contributed by atoms with van der Waals surface area (Å²) in [7, 11) is 0. The molecule has 0 radical (unpaired) electrons. The molecule has 6 N–H and O–H groups in total. The van der Waals surface area contributed by atoms with Crippen molar-refractivity contribution in [3.63, 3.8) is 0 Å². The normalized spacial score (nSPS) is 9.44. The maximum absolute atomic E-state index is 10.4. The maximum atomic E-state index is 10.4. The van der Waals surface area contributed by atoms with Crippen molar-refractivity contribution in [2.45, 2.75) is 6.92 Å². The van der Waals surface area contributed by atoms with Crippen molar-refractivity contribution in [3.8, 4) is 0 Å². The fraction of sp³-hybridized carbons (Fsp3) is 0.111. The molecule has 2 rings (SSSR count). The molecule has 9 heteroatoms. The SMILES string of the molecule is Cc1cnc(=O)[nH]c1N.Nc1[nH]c(=O)ncc1Br. The molecule has 0 aliphatic rings. The fourth-order valence-corrected chi connectivity index (χ4v) is 1.06. The number of aromatic nitrogens is 4. The summed E-state index contributed by atoms with van der Waals surface area (Å²) in [4.78, 5) is 32.3. The molecule has 0 aromatic carbocycles. The lowest BCUT2D eigenvalue weighted by molar-refractivity contribution is 1.06. The van der Waals surface area contributed by atoms with Crippen molar-refractivity contribution >= 4 is 27.6 Å². The highest BCUT2D eigenvalue weighted by atomic mass is 79.9. The Labute approximate surface area is 110 Å². The van der Waals surface area contributed by atoms with E-state index < -0.39 is 11.4 Å². The summed E-state index contributed by atoms with van der Waals surface area (Å²) in [6, 6.07) is 0. The molecule has 2 aromatic rings. The molecule has 0 saturated heterocycles. The predicted molar refractivity (Wildman–Crippen MR) is 71.0 cm³/mol. The van der Waals surface area contributed by atoms with Crippen LogP contribution in [0.1, 0.15) is 5.56 Å². The van der Waals surface area contributed by atoms with Gasteiger partial charge in [0.05, 0.1) is 10.7 Å². The number of nitrogens with zero attached hydrogens (tertiary/aromatic N) is 2. The highest BCUT2D eigenvalue weighted by Gasteiger charge is 1.93. The number of nitrogen functional groups attached to an aromatic ring is 2. The minimum Gasteiger partial charge on any atom is -0.385 e. The predicted octanol–water partition coefficient (Wildman–Crippen LogP) is -0.225. The summed E-state index contributed by atoms with van der Waals surface area (Å²) >= 11 is 3.07. The first-order chi connectivity index (χ1) is 8.40. The highest BCUT2D eigenvalue weighted by molar-refractivity contribution is 9.10. The second-order valence-electron chi connectivity index (χ2n) is 3.24. The van der Waals surface area contributed by atoms with Crippen LogP contribution in [0.4, 0.5) is 11.6 Å². The Balaban J connectivity index is 0.000000180. The van der Waals surface area contributed by atoms with Gasteiger partial charge in [-0.25, -0.2) is 19.6 Å². The van der Waals surface area contributed by atoms with Crippen LogP contribution in [0.15, 0.2) is 26.5 Å². The molecule has 0 unspecified atom stereocenters. The minimum atomic E-state index is -0.435. The first-order valence-electron chi connectivity index (χ1n) is 4.72. The fourth-order valence-electron chi connectivity index (χ4n) is 0.863. The first-order valence-corrected chi connectivity index (χ1v) is 5.51. The van der Waals surface area contributed by atoms with Gasteiger partial charge in [-0.05, 0) is 22.9 Å². The van der Waals surface area contributed by atoms with E-state index in [2.05, 4.69) is 35.9 Å². The number of hydrogen-bond donors (Lipinski definition) is 4. The summed E-state index contributed by atoms with van der Waals surface area (Å²) in [5.74, 6) is 0.685. The van der Waals surface area contributed by atoms with Gasteiger partial charge in [-0.2, -0.15) is 0 Å². The Morgan fingerprint density at radius 2 is 1.56 bits per heavy atom. The summed E-state index contributed by atoms with van der Waals surface area (Å²) in [5, 5.41) is 0. The van der Waals surface area contributed by atoms with Gasteiger partial charge in [0.15, 0.2) is 0 Å². The lowest BCUT2D eigenvalue weighted by atomic mass is 10.4. The van der Waals surface area contributed by atoms with Gasteiger partial charge >= 0.3 is 11.4 Å². The van der Waals surface area contributed by atoms with E-state index in [1.807, 2.05) is 0 Å². The summed E-state index contributed by atoms with van der Waals surface area (Å²) in [6.45, 7) is 1.78. The molecule has 2 heterocycles. The molecule has 0 atom stereocenters. The van der Waals surface area contributed by atoms with Gasteiger partial charge in [0, 0.05) is 11.8 Å². The Bertz CT molecular complexity index is 592. The number of nitrogens with two attached hydrogens (primary N) is 2. The molecule has 2 aromatic heterocycles. The maximum Gasteiger partial charge on any atom is 0.346 e. The number of H-pyrrole nitrogens is 2. The van der Waals surface area contributed by atoms with Crippen molar-refractivity contribution in [1.82, 2.24) is 19.9 Å². The van der Waals surface area contributed by atoms with Gasteiger partial charge in [-0.1, -0.05) is 0 Å². The van der Waals surface area contributed by atoms with Crippen LogP contribution in [0, 0.1) is 6.92 Å². The van der Waals surface area contributed by atoms with Crippen LogP contribution in [0.3, 0.4) is 0 Å². The zero-order valence-electron chi connectivity index (χ0n) is 9.40. The van der Waals surface area contributed by atoms with Crippen LogP contribution in [0.5, 0.6) is 0 Å². The van der Waals surface area contributed by atoms with Crippen LogP contribution < -0.4 is 22.8 Å². The van der Waals surface area contributed by atoms with Crippen LogP contribution >= 0.6 is 15.9 Å². The monoisotopic (exact) mass is 314 g/mol. The van der Waals surface area contributed by atoms with Crippen molar-refractivity contribution in [2.75, 3.05) is 11.5 Å². The lowest BCUT2D eigenvalue weighted by Gasteiger charge is -1.93. The molecule has 0 aliphatic heterocycles. The van der Waals surface area contributed by atoms with Crippen molar-refractivity contribution in [1.29, 1.82) is 0 Å². The second-order valence-corrected chi connectivity index (χ2v) is 4.09. The average Bonchev–Trinajstić information content (AvgIpc) is 2.30. The zero-order valence-corrected chi connectivity index (χ0v) is 11.0. The highest BCUT2D eigenvalue weighted by Crippen LogP contribution is 2.10. The number of hydrogen-bond acceptors (Lipinski definition) is 6. The van der Waals surface area contributed by atoms with Crippen LogP contribution in [0.2, 0.25) is 0 Å². The van der Waals surface area contributed by atoms with E-state index in [0.29, 0.717) is 16.1 Å². The molecule has 0 fully saturated rings. The van der Waals surface area contributed by atoms with E-state index >= 15 is 0 Å². The first kappa shape index (κ1) is 13.9. The van der Waals surface area contributed by atoms with Crippen molar-refractivity contribution < 1.29 is 0 Å². The van der Waals surface area contributed by atoms with Gasteiger partial charge in [-0.15, -0.1) is 0 Å². The third-order valence-electron chi connectivity index (χ3n) is 1.84. The molecule has 8 nitrogen and oxygen atoms in total. The third-order valence-corrected chi connectivity index (χ3v) is 2.47. The summed E-state index contributed by atoms with van der Waals surface area (Å²) in [6.07, 6.45) is 2.79. The summed E-state index contributed by atoms with van der Waals surface area (Å²) in [5.41, 5.74) is 10.6. The van der Waals surface area contributed by atoms with Crippen LogP contribution in [-0.2, 0) is 0 Å². The minimum absolute atomic E-state index is 0.301. The molecule has 0 saturated carbocycles. The molecule has 18 heavy (non-hydrogen) atoms. The topological polar surface area (TPSA) is 144 Å². The largest absolute Gasteiger partial charge is 0.385 e. The van der Waals surface area contributed by atoms with Gasteiger partial charge < -0.3 is 11.5 Å². The quantitative estimate of drug-likeness (QED) is 0.529. The number of aryl methyl sites for hydroxylation is 1. The Hall–Kier alpha value is -2.16. The van der Waals surface area contributed by atoms with Crippen LogP contribution in [-0.4, -0.2) is 19.9 Å². The Morgan fingerprint density at radius 3 is 1.94 bits per heavy atom. The molecule has 0 aliphatic carbocycles. The summed E-state index contributed by atoms with van der Waals surface area (Å²) < 4.78 is 0.599. The van der Waals surface area contributed by atoms with E-state index in [1.54, 1.807) is 6.92 Å². The average molecular weight is 315 g/mol. The standard InChI is InChI=1S/C5H7N3O.C4H4BrN3O/c1-3-2-7-5(9)8-4(3)6;5-2-1-7-4(9)8-3(2)6/h2H,1H3,(H3,6,7,8,9);1H,(H3,6,7,8,9). The molecule has 0 spiro atoms. The van der Waals surface area contributed by atoms with Crippen LogP contribution in [0.25, 0.3) is 0 Å². The second kappa shape index (κ2) is 5.96. The Morgan fingerprint density at radius 1 is 1.06 bits per heavy atom. The molecule has 96 valence electrons. The van der Waals surface area contributed by atoms with Crippen molar-refractivity contribution in [2.24, 2.45) is 0 Å². The number of rotatable bonds is 0. The molecule has 0 bridgehead atoms. The van der Waals surface area contributed by atoms with Gasteiger partial charge in [0.1, 0.15) is 11.6 Å². The van der Waals surface area contributed by atoms with E-state index in [9.17, 15) is 9.59 Å². The Kier molecular flexibility index (Phi) is 4.60. The molecule has 0 amide bonds. The van der Waals surface area contributed by atoms with E-state index in [4.69, 9.17) is 11.5 Å². The number of nitrogens with one attached hydrogen (secondary N) is 2. The third kappa shape index (κ3) is 4.01. The molecular formula is C9H11BrN6O2. The van der Waals surface area contributed by atoms with E-state index in [0.717, 1.165) is 5.56 Å². The number of anilines is 2.